The third kappa shape index (κ3) is 5.10. The van der Waals surface area contributed by atoms with Gasteiger partial charge in [-0.25, -0.2) is 0 Å². The van der Waals surface area contributed by atoms with Crippen LogP contribution in [0.4, 0.5) is 0 Å². The molecular weight excluding hydrogens is 312 g/mol. The molecule has 0 spiro atoms. The Hall–Kier alpha value is -1.82. The van der Waals surface area contributed by atoms with Gasteiger partial charge in [-0.15, -0.1) is 12.6 Å². The summed E-state index contributed by atoms with van der Waals surface area (Å²) in [6.07, 6.45) is 1.97. The number of likely N-dealkylation sites (tertiary alicyclic amines) is 1. The fourth-order valence-electron chi connectivity index (χ4n) is 2.64. The van der Waals surface area contributed by atoms with Gasteiger partial charge in [0.05, 0.1) is 5.56 Å². The van der Waals surface area contributed by atoms with E-state index in [-0.39, 0.29) is 36.5 Å². The Kier molecular flexibility index (Phi) is 6.21. The van der Waals surface area contributed by atoms with Gasteiger partial charge in [0, 0.05) is 36.9 Å². The van der Waals surface area contributed by atoms with Crippen LogP contribution in [0, 0.1) is 0 Å². The maximum Gasteiger partial charge on any atom is 0.254 e. The molecular formula is C17H22N2O3S. The molecule has 1 N–H and O–H groups in total. The number of hydrogen-bond donors (Lipinski definition) is 2. The normalized spacial score (nSPS) is 15.3. The molecule has 2 amide bonds. The lowest BCUT2D eigenvalue weighted by molar-refractivity contribution is -0.125. The number of piperidine rings is 1. The highest BCUT2D eigenvalue weighted by atomic mass is 32.1. The summed E-state index contributed by atoms with van der Waals surface area (Å²) in [7, 11) is 0. The van der Waals surface area contributed by atoms with Gasteiger partial charge in [-0.2, -0.15) is 0 Å². The van der Waals surface area contributed by atoms with Gasteiger partial charge in [-0.05, 0) is 31.9 Å². The summed E-state index contributed by atoms with van der Waals surface area (Å²) in [5, 5.41) is 2.94. The first kappa shape index (κ1) is 17.5. The number of hydrogen-bond acceptors (Lipinski definition) is 4. The van der Waals surface area contributed by atoms with Crippen LogP contribution in [-0.2, 0) is 9.59 Å². The largest absolute Gasteiger partial charge is 0.353 e. The molecule has 6 heteroatoms. The first-order chi connectivity index (χ1) is 11.0. The summed E-state index contributed by atoms with van der Waals surface area (Å²) in [4.78, 5) is 37.6. The SMILES string of the molecule is CC(=O)CCC(=O)NC1CCN(C(=O)c2ccccc2S)CC1. The van der Waals surface area contributed by atoms with Crippen molar-refractivity contribution < 1.29 is 14.4 Å². The summed E-state index contributed by atoms with van der Waals surface area (Å²) >= 11 is 4.33. The van der Waals surface area contributed by atoms with E-state index in [9.17, 15) is 14.4 Å². The van der Waals surface area contributed by atoms with Gasteiger partial charge in [-0.3, -0.25) is 9.59 Å². The summed E-state index contributed by atoms with van der Waals surface area (Å²) in [5.41, 5.74) is 0.611. The van der Waals surface area contributed by atoms with Crippen LogP contribution in [0.3, 0.4) is 0 Å². The van der Waals surface area contributed by atoms with Gasteiger partial charge >= 0.3 is 0 Å². The predicted octanol–water partition coefficient (Wildman–Crippen LogP) is 2.07. The maximum atomic E-state index is 12.5. The number of Topliss-reactive ketones (excluding diaryl/α,β-unsaturated/α-hetero) is 1. The van der Waals surface area contributed by atoms with E-state index in [4.69, 9.17) is 0 Å². The van der Waals surface area contributed by atoms with Crippen LogP contribution in [0.25, 0.3) is 0 Å². The Bertz CT molecular complexity index is 595. The van der Waals surface area contributed by atoms with Crippen molar-refractivity contribution in [1.82, 2.24) is 10.2 Å². The number of carbonyl (C=O) groups excluding carboxylic acids is 3. The molecule has 5 nitrogen and oxygen atoms in total. The highest BCUT2D eigenvalue weighted by molar-refractivity contribution is 7.80. The van der Waals surface area contributed by atoms with E-state index in [2.05, 4.69) is 17.9 Å². The molecule has 2 rings (SSSR count). The minimum absolute atomic E-state index is 0.0167. The van der Waals surface area contributed by atoms with Crippen LogP contribution in [0.2, 0.25) is 0 Å². The Morgan fingerprint density at radius 2 is 1.83 bits per heavy atom. The van der Waals surface area contributed by atoms with E-state index in [1.165, 1.54) is 6.92 Å². The van der Waals surface area contributed by atoms with Gasteiger partial charge in [-0.1, -0.05) is 12.1 Å². The Balaban J connectivity index is 1.82. The minimum atomic E-state index is -0.0920. The van der Waals surface area contributed by atoms with Gasteiger partial charge in [0.25, 0.3) is 5.91 Å². The summed E-state index contributed by atoms with van der Waals surface area (Å²) in [5.74, 6) is -0.0892. The molecule has 0 unspecified atom stereocenters. The quantitative estimate of drug-likeness (QED) is 0.810. The molecule has 0 radical (unpaired) electrons. The average Bonchev–Trinajstić information content (AvgIpc) is 2.53. The molecule has 1 aromatic rings. The molecule has 0 aliphatic carbocycles. The zero-order chi connectivity index (χ0) is 16.8. The van der Waals surface area contributed by atoms with E-state index in [0.29, 0.717) is 23.5 Å². The van der Waals surface area contributed by atoms with Crippen LogP contribution >= 0.6 is 12.6 Å². The van der Waals surface area contributed by atoms with Gasteiger partial charge in [0.2, 0.25) is 5.91 Å². The fourth-order valence-corrected chi connectivity index (χ4v) is 2.90. The standard InChI is InChI=1S/C17H22N2O3S/c1-12(20)6-7-16(21)18-13-8-10-19(11-9-13)17(22)14-4-2-3-5-15(14)23/h2-5,13,23H,6-11H2,1H3,(H,18,21). The molecule has 1 aromatic carbocycles. The molecule has 0 atom stereocenters. The number of carbonyl (C=O) groups is 3. The second-order valence-corrected chi connectivity index (χ2v) is 6.33. The third-order valence-electron chi connectivity index (χ3n) is 3.99. The Morgan fingerprint density at radius 1 is 1.17 bits per heavy atom. The molecule has 0 saturated carbocycles. The predicted molar refractivity (Wildman–Crippen MR) is 90.7 cm³/mol. The summed E-state index contributed by atoms with van der Waals surface area (Å²) < 4.78 is 0. The van der Waals surface area contributed by atoms with E-state index in [1.54, 1.807) is 17.0 Å². The number of ketones is 1. The van der Waals surface area contributed by atoms with Crippen molar-refractivity contribution in [3.63, 3.8) is 0 Å². The van der Waals surface area contributed by atoms with Crippen molar-refractivity contribution in [2.24, 2.45) is 0 Å². The van der Waals surface area contributed by atoms with Crippen molar-refractivity contribution in [2.75, 3.05) is 13.1 Å². The monoisotopic (exact) mass is 334 g/mol. The van der Waals surface area contributed by atoms with Crippen molar-refractivity contribution >= 4 is 30.2 Å². The topological polar surface area (TPSA) is 66.5 Å². The first-order valence-electron chi connectivity index (χ1n) is 7.83. The van der Waals surface area contributed by atoms with E-state index >= 15 is 0 Å². The fraction of sp³-hybridized carbons (Fsp3) is 0.471. The summed E-state index contributed by atoms with van der Waals surface area (Å²) in [6.45, 7) is 2.70. The third-order valence-corrected chi connectivity index (χ3v) is 4.38. The lowest BCUT2D eigenvalue weighted by atomic mass is 10.0. The summed E-state index contributed by atoms with van der Waals surface area (Å²) in [6, 6.07) is 7.33. The second-order valence-electron chi connectivity index (χ2n) is 5.85. The smallest absolute Gasteiger partial charge is 0.254 e. The Morgan fingerprint density at radius 3 is 2.43 bits per heavy atom. The van der Waals surface area contributed by atoms with Crippen molar-refractivity contribution in [1.29, 1.82) is 0 Å². The second kappa shape index (κ2) is 8.15. The van der Waals surface area contributed by atoms with Crippen LogP contribution in [0.15, 0.2) is 29.2 Å². The number of rotatable bonds is 5. The molecule has 0 aromatic heterocycles. The maximum absolute atomic E-state index is 12.5. The van der Waals surface area contributed by atoms with Crippen LogP contribution < -0.4 is 5.32 Å². The zero-order valence-corrected chi connectivity index (χ0v) is 14.1. The van der Waals surface area contributed by atoms with Crippen molar-refractivity contribution in [3.8, 4) is 0 Å². The molecule has 1 heterocycles. The number of nitrogens with one attached hydrogen (secondary N) is 1. The lowest BCUT2D eigenvalue weighted by Gasteiger charge is -2.32. The van der Waals surface area contributed by atoms with E-state index < -0.39 is 0 Å². The molecule has 23 heavy (non-hydrogen) atoms. The van der Waals surface area contributed by atoms with Gasteiger partial charge < -0.3 is 15.0 Å². The van der Waals surface area contributed by atoms with Crippen LogP contribution in [-0.4, -0.2) is 41.6 Å². The molecule has 1 saturated heterocycles. The Labute approximate surface area is 141 Å². The number of benzene rings is 1. The first-order valence-corrected chi connectivity index (χ1v) is 8.28. The van der Waals surface area contributed by atoms with E-state index in [0.717, 1.165) is 12.8 Å². The van der Waals surface area contributed by atoms with Crippen molar-refractivity contribution in [2.45, 2.75) is 43.5 Å². The number of amides is 2. The molecule has 0 bridgehead atoms. The highest BCUT2D eigenvalue weighted by Gasteiger charge is 2.25. The van der Waals surface area contributed by atoms with E-state index in [1.807, 2.05) is 12.1 Å². The van der Waals surface area contributed by atoms with Gasteiger partial charge in [0.15, 0.2) is 0 Å². The lowest BCUT2D eigenvalue weighted by Crippen LogP contribution is -2.46. The van der Waals surface area contributed by atoms with Gasteiger partial charge in [0.1, 0.15) is 5.78 Å². The average molecular weight is 334 g/mol. The number of nitrogens with zero attached hydrogens (tertiary/aromatic N) is 1. The highest BCUT2D eigenvalue weighted by Crippen LogP contribution is 2.18. The molecule has 1 aliphatic heterocycles. The molecule has 1 aliphatic rings. The zero-order valence-electron chi connectivity index (χ0n) is 13.2. The minimum Gasteiger partial charge on any atom is -0.353 e. The molecule has 1 fully saturated rings. The number of thiol groups is 1. The van der Waals surface area contributed by atoms with Crippen molar-refractivity contribution in [3.05, 3.63) is 29.8 Å². The molecule has 124 valence electrons. The van der Waals surface area contributed by atoms with Crippen LogP contribution in [0.1, 0.15) is 43.0 Å². The van der Waals surface area contributed by atoms with Crippen LogP contribution in [0.5, 0.6) is 0 Å².